The minimum Gasteiger partial charge on any atom is -0.300 e. The fourth-order valence-corrected chi connectivity index (χ4v) is 3.36. The van der Waals surface area contributed by atoms with E-state index in [0.717, 1.165) is 5.75 Å². The Morgan fingerprint density at radius 2 is 2.27 bits per heavy atom. The van der Waals surface area contributed by atoms with Crippen LogP contribution in [0.25, 0.3) is 10.6 Å². The van der Waals surface area contributed by atoms with Crippen LogP contribution in [-0.2, 0) is 0 Å². The van der Waals surface area contributed by atoms with Crippen LogP contribution in [0.4, 0.5) is 5.69 Å². The van der Waals surface area contributed by atoms with Crippen LogP contribution in [0, 0.1) is 10.1 Å². The molecule has 3 rings (SSSR count). The molecule has 0 atom stereocenters. The highest BCUT2D eigenvalue weighted by Gasteiger charge is 2.16. The third-order valence-electron chi connectivity index (χ3n) is 2.85. The minimum atomic E-state index is -0.458. The van der Waals surface area contributed by atoms with Crippen LogP contribution in [0.15, 0.2) is 34.6 Å². The van der Waals surface area contributed by atoms with E-state index in [2.05, 4.69) is 15.3 Å². The summed E-state index contributed by atoms with van der Waals surface area (Å²) in [5, 5.41) is 16.3. The Morgan fingerprint density at radius 1 is 1.41 bits per heavy atom. The van der Waals surface area contributed by atoms with Crippen molar-refractivity contribution in [2.75, 3.05) is 12.3 Å². The number of amidine groups is 1. The molecular formula is C13H10N4O3S2. The summed E-state index contributed by atoms with van der Waals surface area (Å²) in [6.45, 7) is 0.705. The molecule has 0 saturated carbocycles. The molecule has 0 fully saturated rings. The molecule has 9 heteroatoms. The summed E-state index contributed by atoms with van der Waals surface area (Å²) >= 11 is 2.76. The largest absolute Gasteiger partial charge is 0.300 e. The number of carbonyl (C=O) groups excluding carboxylic acids is 1. The molecule has 0 radical (unpaired) electrons. The van der Waals surface area contributed by atoms with E-state index in [1.54, 1.807) is 17.5 Å². The van der Waals surface area contributed by atoms with Crippen LogP contribution < -0.4 is 5.32 Å². The summed E-state index contributed by atoms with van der Waals surface area (Å²) < 4.78 is 0. The van der Waals surface area contributed by atoms with Gasteiger partial charge in [0.15, 0.2) is 5.17 Å². The second kappa shape index (κ2) is 6.24. The number of amides is 1. The van der Waals surface area contributed by atoms with Gasteiger partial charge in [-0.3, -0.25) is 25.2 Å². The molecule has 22 heavy (non-hydrogen) atoms. The number of nitrogens with one attached hydrogen (secondary N) is 1. The number of thioether (sulfide) groups is 1. The van der Waals surface area contributed by atoms with Gasteiger partial charge in [0, 0.05) is 28.8 Å². The molecule has 0 saturated heterocycles. The Labute approximate surface area is 133 Å². The van der Waals surface area contributed by atoms with E-state index >= 15 is 0 Å². The van der Waals surface area contributed by atoms with Crippen molar-refractivity contribution in [1.29, 1.82) is 0 Å². The van der Waals surface area contributed by atoms with E-state index < -0.39 is 4.92 Å². The first-order chi connectivity index (χ1) is 10.6. The number of aromatic nitrogens is 1. The van der Waals surface area contributed by atoms with Gasteiger partial charge in [-0.25, -0.2) is 4.98 Å². The number of rotatable bonds is 3. The molecule has 2 heterocycles. The van der Waals surface area contributed by atoms with Crippen LogP contribution in [0.2, 0.25) is 0 Å². The van der Waals surface area contributed by atoms with Gasteiger partial charge in [0.2, 0.25) is 0 Å². The molecule has 7 nitrogen and oxygen atoms in total. The van der Waals surface area contributed by atoms with Gasteiger partial charge < -0.3 is 0 Å². The standard InChI is InChI=1S/C13H10N4O3S2/c18-11(16-13-14-4-5-21-13)10-7-22-12(15-10)8-2-1-3-9(6-8)17(19)20/h1-3,6-7H,4-5H2,(H,14,16,18). The number of aliphatic imine (C=N–C) groups is 1. The molecule has 1 amide bonds. The Morgan fingerprint density at radius 3 is 3.00 bits per heavy atom. The van der Waals surface area contributed by atoms with Gasteiger partial charge in [-0.2, -0.15) is 0 Å². The van der Waals surface area contributed by atoms with Crippen LogP contribution in [-0.4, -0.2) is 33.3 Å². The number of non-ortho nitro benzene ring substituents is 1. The van der Waals surface area contributed by atoms with Gasteiger partial charge in [0.25, 0.3) is 11.6 Å². The summed E-state index contributed by atoms with van der Waals surface area (Å²) in [5.41, 5.74) is 0.892. The van der Waals surface area contributed by atoms with Crippen LogP contribution in [0.1, 0.15) is 10.5 Å². The van der Waals surface area contributed by atoms with Crippen molar-refractivity contribution in [2.45, 2.75) is 0 Å². The number of benzene rings is 1. The molecule has 0 aliphatic carbocycles. The molecule has 1 aromatic heterocycles. The normalized spacial score (nSPS) is 13.7. The van der Waals surface area contributed by atoms with E-state index in [0.29, 0.717) is 22.3 Å². The highest BCUT2D eigenvalue weighted by Crippen LogP contribution is 2.27. The molecule has 112 valence electrons. The highest BCUT2D eigenvalue weighted by molar-refractivity contribution is 8.14. The lowest BCUT2D eigenvalue weighted by Crippen LogP contribution is -2.27. The molecule has 1 N–H and O–H groups in total. The molecule has 2 aromatic rings. The molecule has 0 bridgehead atoms. The average Bonchev–Trinajstić information content (AvgIpc) is 3.18. The maximum absolute atomic E-state index is 12.1. The first kappa shape index (κ1) is 14.7. The number of hydrogen-bond acceptors (Lipinski definition) is 7. The number of nitrogens with zero attached hydrogens (tertiary/aromatic N) is 3. The Bertz CT molecular complexity index is 772. The number of nitro benzene ring substituents is 1. The molecular weight excluding hydrogens is 324 g/mol. The van der Waals surface area contributed by atoms with Crippen molar-refractivity contribution < 1.29 is 9.72 Å². The summed E-state index contributed by atoms with van der Waals surface area (Å²) in [4.78, 5) is 30.8. The Hall–Kier alpha value is -2.26. The van der Waals surface area contributed by atoms with Crippen molar-refractivity contribution in [3.63, 3.8) is 0 Å². The Balaban J connectivity index is 1.79. The van der Waals surface area contributed by atoms with E-state index in [1.807, 2.05) is 0 Å². The summed E-state index contributed by atoms with van der Waals surface area (Å²) in [6, 6.07) is 6.18. The van der Waals surface area contributed by atoms with Gasteiger partial charge in [-0.1, -0.05) is 23.9 Å². The van der Waals surface area contributed by atoms with Gasteiger partial charge in [-0.15, -0.1) is 11.3 Å². The topological polar surface area (TPSA) is 97.5 Å². The van der Waals surface area contributed by atoms with E-state index in [1.165, 1.54) is 35.2 Å². The lowest BCUT2D eigenvalue weighted by atomic mass is 10.2. The van der Waals surface area contributed by atoms with Gasteiger partial charge in [0.05, 0.1) is 11.5 Å². The predicted octanol–water partition coefficient (Wildman–Crippen LogP) is 2.55. The maximum Gasteiger partial charge on any atom is 0.276 e. The lowest BCUT2D eigenvalue weighted by molar-refractivity contribution is -0.384. The lowest BCUT2D eigenvalue weighted by Gasteiger charge is -2.00. The van der Waals surface area contributed by atoms with Crippen molar-refractivity contribution in [2.24, 2.45) is 4.99 Å². The number of nitro groups is 1. The number of thiazole rings is 1. The first-order valence-corrected chi connectivity index (χ1v) is 8.19. The average molecular weight is 334 g/mol. The fraction of sp³-hybridized carbons (Fsp3) is 0.154. The van der Waals surface area contributed by atoms with Crippen molar-refractivity contribution >= 4 is 39.9 Å². The minimum absolute atomic E-state index is 0.00425. The maximum atomic E-state index is 12.1. The van der Waals surface area contributed by atoms with Crippen molar-refractivity contribution in [1.82, 2.24) is 10.3 Å². The molecule has 0 spiro atoms. The van der Waals surface area contributed by atoms with Crippen molar-refractivity contribution in [3.8, 4) is 10.6 Å². The van der Waals surface area contributed by atoms with Crippen LogP contribution >= 0.6 is 23.1 Å². The highest BCUT2D eigenvalue weighted by atomic mass is 32.2. The zero-order chi connectivity index (χ0) is 15.5. The third kappa shape index (κ3) is 3.15. The summed E-state index contributed by atoms with van der Waals surface area (Å²) in [7, 11) is 0. The monoisotopic (exact) mass is 334 g/mol. The zero-order valence-corrected chi connectivity index (χ0v) is 12.8. The number of carbonyl (C=O) groups is 1. The first-order valence-electron chi connectivity index (χ1n) is 6.32. The van der Waals surface area contributed by atoms with E-state index in [9.17, 15) is 14.9 Å². The molecule has 0 unspecified atom stereocenters. The summed E-state index contributed by atoms with van der Waals surface area (Å²) in [6.07, 6.45) is 0. The van der Waals surface area contributed by atoms with Crippen molar-refractivity contribution in [3.05, 3.63) is 45.5 Å². The quantitative estimate of drug-likeness (QED) is 0.687. The van der Waals surface area contributed by atoms with Gasteiger partial charge in [-0.05, 0) is 0 Å². The molecule has 1 aliphatic rings. The second-order valence-corrected chi connectivity index (χ2v) is 6.28. The smallest absolute Gasteiger partial charge is 0.276 e. The SMILES string of the molecule is O=C(NC1=NCCS1)c1csc(-c2cccc([N+](=O)[O-])c2)n1. The molecule has 1 aliphatic heterocycles. The zero-order valence-electron chi connectivity index (χ0n) is 11.2. The molecule has 1 aromatic carbocycles. The van der Waals surface area contributed by atoms with Crippen LogP contribution in [0.5, 0.6) is 0 Å². The number of hydrogen-bond donors (Lipinski definition) is 1. The van der Waals surface area contributed by atoms with E-state index in [4.69, 9.17) is 0 Å². The Kier molecular flexibility index (Phi) is 4.16. The fourth-order valence-electron chi connectivity index (χ4n) is 1.84. The van der Waals surface area contributed by atoms with E-state index in [-0.39, 0.29) is 17.3 Å². The van der Waals surface area contributed by atoms with Crippen LogP contribution in [0.3, 0.4) is 0 Å². The van der Waals surface area contributed by atoms with Gasteiger partial charge in [0.1, 0.15) is 10.7 Å². The third-order valence-corrected chi connectivity index (χ3v) is 4.63. The van der Waals surface area contributed by atoms with Gasteiger partial charge >= 0.3 is 0 Å². The second-order valence-electron chi connectivity index (χ2n) is 4.33. The predicted molar refractivity (Wildman–Crippen MR) is 86.4 cm³/mol. The summed E-state index contributed by atoms with van der Waals surface area (Å²) in [5.74, 6) is 0.548.